The topological polar surface area (TPSA) is 110 Å². The van der Waals surface area contributed by atoms with Gasteiger partial charge in [0, 0.05) is 5.41 Å². The lowest BCUT2D eigenvalue weighted by Crippen LogP contribution is -2.25. The highest BCUT2D eigenvalue weighted by Gasteiger charge is 2.24. The van der Waals surface area contributed by atoms with Gasteiger partial charge in [0.05, 0.1) is 22.6 Å². The number of hydrogen-bond acceptors (Lipinski definition) is 7. The van der Waals surface area contributed by atoms with E-state index in [1.54, 1.807) is 4.68 Å². The largest absolute Gasteiger partial charge is 0.491 e. The number of rotatable bonds is 12. The molecule has 0 saturated carbocycles. The normalized spacial score (nSPS) is 13.5. The molecule has 0 aliphatic heterocycles. The van der Waals surface area contributed by atoms with Crippen LogP contribution in [0.25, 0.3) is 0 Å². The van der Waals surface area contributed by atoms with Crippen LogP contribution in [-0.4, -0.2) is 61.6 Å². The van der Waals surface area contributed by atoms with E-state index in [0.717, 1.165) is 14.7 Å². The SMILES string of the molecule is CC(C)(c1ccc(OC[C@@H](O)Cn2nnc(CO)c2I)cc1)c1ccc(OC[C@@H](O)CCl)c([123I])c1. The van der Waals surface area contributed by atoms with Crippen LogP contribution in [0.1, 0.15) is 30.7 Å². The second kappa shape index (κ2) is 12.9. The van der Waals surface area contributed by atoms with Crippen molar-refractivity contribution in [1.29, 1.82) is 0 Å². The zero-order valence-electron chi connectivity index (χ0n) is 19.4. The van der Waals surface area contributed by atoms with Gasteiger partial charge in [-0.25, -0.2) is 4.68 Å². The zero-order valence-corrected chi connectivity index (χ0v) is 24.4. The fourth-order valence-electron chi connectivity index (χ4n) is 3.37. The van der Waals surface area contributed by atoms with Crippen molar-refractivity contribution in [2.24, 2.45) is 0 Å². The summed E-state index contributed by atoms with van der Waals surface area (Å²) in [5, 5.41) is 37.0. The molecule has 35 heavy (non-hydrogen) atoms. The second-order valence-corrected chi connectivity index (χ2v) is 11.0. The summed E-state index contributed by atoms with van der Waals surface area (Å²) in [4.78, 5) is 0. The minimum absolute atomic E-state index is 0.102. The van der Waals surface area contributed by atoms with E-state index in [2.05, 4.69) is 52.8 Å². The number of aliphatic hydroxyl groups is 3. The van der Waals surface area contributed by atoms with E-state index in [4.69, 9.17) is 21.1 Å². The Morgan fingerprint density at radius 2 is 1.71 bits per heavy atom. The minimum Gasteiger partial charge on any atom is -0.491 e. The molecule has 0 bridgehead atoms. The number of alkyl halides is 1. The summed E-state index contributed by atoms with van der Waals surface area (Å²) in [5.74, 6) is 1.50. The van der Waals surface area contributed by atoms with Gasteiger partial charge in [-0.1, -0.05) is 37.3 Å². The van der Waals surface area contributed by atoms with Gasteiger partial charge >= 0.3 is 0 Å². The molecule has 0 aliphatic carbocycles. The summed E-state index contributed by atoms with van der Waals surface area (Å²) in [6.07, 6.45) is -1.47. The highest BCUT2D eigenvalue weighted by molar-refractivity contribution is 14.1. The molecule has 11 heteroatoms. The number of hydrogen-bond donors (Lipinski definition) is 3. The molecule has 1 heterocycles. The van der Waals surface area contributed by atoms with E-state index in [-0.39, 0.29) is 37.7 Å². The molecular formula is C24H28ClI2N3O5. The zero-order chi connectivity index (χ0) is 25.6. The molecule has 1 aromatic heterocycles. The Bertz CT molecular complexity index is 1110. The van der Waals surface area contributed by atoms with Gasteiger partial charge in [-0.3, -0.25) is 0 Å². The van der Waals surface area contributed by atoms with Crippen LogP contribution in [0.4, 0.5) is 0 Å². The number of benzene rings is 2. The lowest BCUT2D eigenvalue weighted by molar-refractivity contribution is 0.0881. The van der Waals surface area contributed by atoms with Crippen LogP contribution >= 0.6 is 56.8 Å². The van der Waals surface area contributed by atoms with Gasteiger partial charge < -0.3 is 24.8 Å². The monoisotopic (exact) mass is 723 g/mol. The summed E-state index contributed by atoms with van der Waals surface area (Å²) >= 11 is 9.91. The van der Waals surface area contributed by atoms with Gasteiger partial charge in [-0.2, -0.15) is 0 Å². The van der Waals surface area contributed by atoms with Crippen LogP contribution in [0.5, 0.6) is 11.5 Å². The van der Waals surface area contributed by atoms with Crippen molar-refractivity contribution in [3.63, 3.8) is 0 Å². The van der Waals surface area contributed by atoms with Crippen molar-refractivity contribution in [2.75, 3.05) is 19.1 Å². The van der Waals surface area contributed by atoms with Crippen LogP contribution in [0, 0.1) is 7.27 Å². The Hall–Kier alpha value is -1.19. The third-order valence-electron chi connectivity index (χ3n) is 5.55. The smallest absolute Gasteiger partial charge is 0.132 e. The molecule has 0 fully saturated rings. The Labute approximate surface area is 236 Å². The van der Waals surface area contributed by atoms with Crippen molar-refractivity contribution >= 4 is 56.8 Å². The first-order valence-corrected chi connectivity index (χ1v) is 13.6. The molecule has 0 amide bonds. The maximum absolute atomic E-state index is 10.3. The van der Waals surface area contributed by atoms with Gasteiger partial charge in [-0.05, 0) is 80.6 Å². The van der Waals surface area contributed by atoms with Crippen molar-refractivity contribution in [1.82, 2.24) is 15.0 Å². The van der Waals surface area contributed by atoms with Gasteiger partial charge in [-0.15, -0.1) is 16.7 Å². The first-order chi connectivity index (χ1) is 16.6. The maximum Gasteiger partial charge on any atom is 0.132 e. The first-order valence-electron chi connectivity index (χ1n) is 10.9. The Kier molecular flexibility index (Phi) is 10.4. The molecule has 3 N–H and O–H groups in total. The molecule has 3 aromatic rings. The van der Waals surface area contributed by atoms with Gasteiger partial charge in [0.2, 0.25) is 0 Å². The highest BCUT2D eigenvalue weighted by atomic mass is 127. The standard InChI is InChI=1S/C24H28ClI2N3O5/c1-24(2,16-5-8-22(20(26)9-16)35-13-17(32)10-25)15-3-6-19(7-4-15)34-14-18(33)11-30-23(27)21(12-31)28-29-30/h3-9,17-18,31-33H,10-14H2,1-2H3/t17-,18-/m0/s1/i26-4. The predicted molar refractivity (Wildman–Crippen MR) is 150 cm³/mol. The average molecular weight is 724 g/mol. The summed E-state index contributed by atoms with van der Waals surface area (Å²) in [6, 6.07) is 13.8. The summed E-state index contributed by atoms with van der Waals surface area (Å²) < 4.78 is 14.6. The van der Waals surface area contributed by atoms with Gasteiger partial charge in [0.25, 0.3) is 0 Å². The molecule has 0 saturated heterocycles. The van der Waals surface area contributed by atoms with Crippen molar-refractivity contribution in [3.05, 3.63) is 66.6 Å². The molecule has 2 atom stereocenters. The summed E-state index contributed by atoms with van der Waals surface area (Å²) in [5.41, 5.74) is 2.46. The third-order valence-corrected chi connectivity index (χ3v) is 7.93. The van der Waals surface area contributed by atoms with Gasteiger partial charge in [0.15, 0.2) is 0 Å². The van der Waals surface area contributed by atoms with E-state index in [1.807, 2.05) is 59.0 Å². The Morgan fingerprint density at radius 1 is 1.06 bits per heavy atom. The second-order valence-electron chi connectivity index (χ2n) is 8.55. The number of aromatic nitrogens is 3. The molecule has 0 radical (unpaired) electrons. The number of nitrogens with zero attached hydrogens (tertiary/aromatic N) is 3. The van der Waals surface area contributed by atoms with Crippen molar-refractivity contribution in [3.8, 4) is 11.5 Å². The predicted octanol–water partition coefficient (Wildman–Crippen LogP) is 3.72. The summed E-state index contributed by atoms with van der Waals surface area (Å²) in [6.45, 7) is 4.58. The quantitative estimate of drug-likeness (QED) is 0.193. The molecule has 190 valence electrons. The molecular weight excluding hydrogens is 696 g/mol. The fraction of sp³-hybridized carbons (Fsp3) is 0.417. The molecule has 8 nitrogen and oxygen atoms in total. The van der Waals surface area contributed by atoms with Crippen LogP contribution in [-0.2, 0) is 18.6 Å². The van der Waals surface area contributed by atoms with Crippen molar-refractivity contribution < 1.29 is 24.8 Å². The van der Waals surface area contributed by atoms with E-state index in [0.29, 0.717) is 20.9 Å². The van der Waals surface area contributed by atoms with E-state index < -0.39 is 12.2 Å². The fourth-order valence-corrected chi connectivity index (χ4v) is 4.70. The Balaban J connectivity index is 1.60. The van der Waals surface area contributed by atoms with Crippen LogP contribution in [0.2, 0.25) is 0 Å². The highest BCUT2D eigenvalue weighted by Crippen LogP contribution is 2.35. The molecule has 0 spiro atoms. The lowest BCUT2D eigenvalue weighted by Gasteiger charge is -2.27. The van der Waals surface area contributed by atoms with Crippen LogP contribution in [0.15, 0.2) is 42.5 Å². The average Bonchev–Trinajstić information content (AvgIpc) is 3.20. The minimum atomic E-state index is -0.777. The number of halogens is 3. The molecule has 0 unspecified atom stereocenters. The molecule has 0 aliphatic rings. The number of ether oxygens (including phenoxy) is 2. The molecule has 2 aromatic carbocycles. The maximum atomic E-state index is 10.3. The van der Waals surface area contributed by atoms with Crippen LogP contribution < -0.4 is 9.47 Å². The molecule has 3 rings (SSSR count). The number of aliphatic hydroxyl groups excluding tert-OH is 3. The van der Waals surface area contributed by atoms with E-state index >= 15 is 0 Å². The first kappa shape index (κ1) is 28.4. The van der Waals surface area contributed by atoms with Gasteiger partial charge in [0.1, 0.15) is 46.3 Å². The third kappa shape index (κ3) is 7.41. The lowest BCUT2D eigenvalue weighted by atomic mass is 9.78. The van der Waals surface area contributed by atoms with Crippen molar-refractivity contribution in [2.45, 2.75) is 44.6 Å². The van der Waals surface area contributed by atoms with Crippen LogP contribution in [0.3, 0.4) is 0 Å². The van der Waals surface area contributed by atoms with E-state index in [9.17, 15) is 15.3 Å². The Morgan fingerprint density at radius 3 is 2.31 bits per heavy atom. The summed E-state index contributed by atoms with van der Waals surface area (Å²) in [7, 11) is 0. The van der Waals surface area contributed by atoms with E-state index in [1.165, 1.54) is 0 Å².